The molecule has 0 aliphatic heterocycles. The molecule has 9 heteroatoms. The smallest absolute Gasteiger partial charge is 0.411 e. The number of ether oxygens (including phenoxy) is 1. The largest absolute Gasteiger partial charge is 0.481 e. The third kappa shape index (κ3) is 8.36. The van der Waals surface area contributed by atoms with Crippen LogP contribution in [0.3, 0.4) is 0 Å². The third-order valence-electron chi connectivity index (χ3n) is 2.53. The fraction of sp³-hybridized carbons (Fsp3) is 0.357. The number of aliphatic carboxylic acids is 1. The van der Waals surface area contributed by atoms with Gasteiger partial charge in [-0.15, -0.1) is 0 Å². The number of amides is 2. The maximum absolute atomic E-state index is 11.9. The van der Waals surface area contributed by atoms with Crippen molar-refractivity contribution >= 4 is 45.2 Å². The number of carboxylic acid groups (broad SMARTS) is 1. The number of anilines is 1. The number of nitrogens with one attached hydrogen (secondary N) is 2. The minimum Gasteiger partial charge on any atom is -0.481 e. The number of carboxylic acids is 1. The minimum atomic E-state index is -0.809. The number of carbonyl (C=O) groups excluding carboxylic acids is 2. The van der Waals surface area contributed by atoms with Crippen molar-refractivity contribution in [1.29, 1.82) is 0 Å². The lowest BCUT2D eigenvalue weighted by Crippen LogP contribution is -2.25. The average molecular weight is 358 g/mol. The lowest BCUT2D eigenvalue weighted by molar-refractivity contribution is -0.136. The highest BCUT2D eigenvalue weighted by atomic mass is 33.1. The van der Waals surface area contributed by atoms with Gasteiger partial charge in [-0.05, 0) is 24.3 Å². The highest BCUT2D eigenvalue weighted by molar-refractivity contribution is 8.76. The summed E-state index contributed by atoms with van der Waals surface area (Å²) in [6.45, 7) is 0.492. The fourth-order valence-electron chi connectivity index (χ4n) is 1.43. The summed E-state index contributed by atoms with van der Waals surface area (Å²) in [5.41, 5.74) is 1.03. The van der Waals surface area contributed by atoms with Crippen molar-refractivity contribution in [3.05, 3.63) is 29.8 Å². The molecule has 0 spiro atoms. The molecule has 3 N–H and O–H groups in total. The summed E-state index contributed by atoms with van der Waals surface area (Å²) in [6, 6.07) is 6.44. The molecule has 0 fully saturated rings. The monoisotopic (exact) mass is 358 g/mol. The van der Waals surface area contributed by atoms with Crippen LogP contribution in [0.25, 0.3) is 0 Å². The fourth-order valence-corrected chi connectivity index (χ4v) is 3.32. The highest BCUT2D eigenvalue weighted by Crippen LogP contribution is 2.21. The van der Waals surface area contributed by atoms with Gasteiger partial charge < -0.3 is 15.2 Å². The van der Waals surface area contributed by atoms with Gasteiger partial charge in [0.15, 0.2) is 0 Å². The van der Waals surface area contributed by atoms with E-state index in [1.165, 1.54) is 28.7 Å². The van der Waals surface area contributed by atoms with Crippen molar-refractivity contribution in [1.82, 2.24) is 5.32 Å². The van der Waals surface area contributed by atoms with Crippen molar-refractivity contribution in [2.45, 2.75) is 6.42 Å². The summed E-state index contributed by atoms with van der Waals surface area (Å²) in [5.74, 6) is 0.225. The summed E-state index contributed by atoms with van der Waals surface area (Å²) in [7, 11) is 4.27. The lowest BCUT2D eigenvalue weighted by atomic mass is 10.2. The maximum Gasteiger partial charge on any atom is 0.411 e. The van der Waals surface area contributed by atoms with E-state index >= 15 is 0 Å². The predicted molar refractivity (Wildman–Crippen MR) is 92.0 cm³/mol. The van der Waals surface area contributed by atoms with Crippen LogP contribution in [0.15, 0.2) is 24.3 Å². The molecule has 7 nitrogen and oxygen atoms in total. The zero-order valence-corrected chi connectivity index (χ0v) is 14.2. The van der Waals surface area contributed by atoms with Gasteiger partial charge in [0.1, 0.15) is 0 Å². The van der Waals surface area contributed by atoms with Crippen LogP contribution < -0.4 is 10.6 Å². The number of methoxy groups -OCH3 is 1. The molecule has 0 aliphatic rings. The number of rotatable bonds is 9. The predicted octanol–water partition coefficient (Wildman–Crippen LogP) is 2.45. The molecule has 0 saturated heterocycles. The molecule has 2 amide bonds. The maximum atomic E-state index is 11.9. The molecule has 1 rings (SSSR count). The molecular weight excluding hydrogens is 340 g/mol. The Kier molecular flexibility index (Phi) is 9.00. The average Bonchev–Trinajstić information content (AvgIpc) is 2.54. The molecule has 0 unspecified atom stereocenters. The second kappa shape index (κ2) is 10.8. The first kappa shape index (κ1) is 19.2. The molecule has 0 aliphatic carbocycles. The molecule has 0 saturated carbocycles. The molecule has 0 bridgehead atoms. The van der Waals surface area contributed by atoms with Gasteiger partial charge in [0.05, 0.1) is 13.5 Å². The van der Waals surface area contributed by atoms with Gasteiger partial charge in [0.2, 0.25) is 0 Å². The minimum absolute atomic E-state index is 0.135. The van der Waals surface area contributed by atoms with Gasteiger partial charge in [0.25, 0.3) is 5.91 Å². The quantitative estimate of drug-likeness (QED) is 0.460. The molecule has 0 aromatic heterocycles. The first-order chi connectivity index (χ1) is 11.0. The Morgan fingerprint density at radius 1 is 1.13 bits per heavy atom. The summed E-state index contributed by atoms with van der Waals surface area (Å²) in [6.07, 6.45) is -0.435. The van der Waals surface area contributed by atoms with E-state index in [0.29, 0.717) is 29.3 Å². The van der Waals surface area contributed by atoms with Crippen molar-refractivity contribution < 1.29 is 24.2 Å². The van der Waals surface area contributed by atoms with E-state index in [-0.39, 0.29) is 12.3 Å². The molecule has 1 aromatic rings. The molecule has 23 heavy (non-hydrogen) atoms. The Balaban J connectivity index is 2.24. The van der Waals surface area contributed by atoms with Crippen molar-refractivity contribution in [3.8, 4) is 0 Å². The number of carbonyl (C=O) groups is 3. The van der Waals surface area contributed by atoms with Crippen LogP contribution in [0.2, 0.25) is 0 Å². The zero-order valence-electron chi connectivity index (χ0n) is 12.5. The SMILES string of the molecule is COC(=O)Nc1ccc(C(=O)NCCSSCCC(=O)O)cc1. The van der Waals surface area contributed by atoms with Crippen LogP contribution in [-0.2, 0) is 9.53 Å². The molecular formula is C14H18N2O5S2. The molecule has 126 valence electrons. The summed E-state index contributed by atoms with van der Waals surface area (Å²) >= 11 is 0. The Labute approximate surface area is 141 Å². The van der Waals surface area contributed by atoms with E-state index in [9.17, 15) is 14.4 Å². The second-order valence-electron chi connectivity index (χ2n) is 4.24. The van der Waals surface area contributed by atoms with Crippen molar-refractivity contribution in [2.75, 3.05) is 30.5 Å². The zero-order chi connectivity index (χ0) is 17.1. The van der Waals surface area contributed by atoms with Gasteiger partial charge >= 0.3 is 12.1 Å². The normalized spacial score (nSPS) is 9.96. The van der Waals surface area contributed by atoms with Crippen LogP contribution in [0.5, 0.6) is 0 Å². The highest BCUT2D eigenvalue weighted by Gasteiger charge is 2.06. The van der Waals surface area contributed by atoms with Gasteiger partial charge in [0, 0.05) is 29.3 Å². The van der Waals surface area contributed by atoms with E-state index in [0.717, 1.165) is 0 Å². The number of hydrogen-bond acceptors (Lipinski definition) is 6. The molecule has 0 atom stereocenters. The van der Waals surface area contributed by atoms with Crippen LogP contribution >= 0.6 is 21.6 Å². The molecule has 1 aromatic carbocycles. The van der Waals surface area contributed by atoms with E-state index in [2.05, 4.69) is 15.4 Å². The Bertz CT molecular complexity index is 536. The van der Waals surface area contributed by atoms with Gasteiger partial charge in [-0.2, -0.15) is 0 Å². The van der Waals surface area contributed by atoms with Gasteiger partial charge in [-0.25, -0.2) is 4.79 Å². The van der Waals surface area contributed by atoms with Crippen molar-refractivity contribution in [2.24, 2.45) is 0 Å². The summed E-state index contributed by atoms with van der Waals surface area (Å²) in [4.78, 5) is 33.3. The third-order valence-corrected chi connectivity index (χ3v) is 4.94. The van der Waals surface area contributed by atoms with E-state index in [1.807, 2.05) is 0 Å². The van der Waals surface area contributed by atoms with Gasteiger partial charge in [-0.1, -0.05) is 21.6 Å². The summed E-state index contributed by atoms with van der Waals surface area (Å²) in [5, 5.41) is 13.8. The van der Waals surface area contributed by atoms with Crippen LogP contribution in [0, 0.1) is 0 Å². The van der Waals surface area contributed by atoms with Crippen LogP contribution in [0.1, 0.15) is 16.8 Å². The standard InChI is InChI=1S/C14H18N2O5S2/c1-21-14(20)16-11-4-2-10(3-5-11)13(19)15-7-9-23-22-8-6-12(17)18/h2-5H,6-9H2,1H3,(H,15,19)(H,16,20)(H,17,18). The van der Waals surface area contributed by atoms with Crippen LogP contribution in [0.4, 0.5) is 10.5 Å². The topological polar surface area (TPSA) is 105 Å². The summed E-state index contributed by atoms with van der Waals surface area (Å²) < 4.78 is 4.47. The van der Waals surface area contributed by atoms with Crippen molar-refractivity contribution in [3.63, 3.8) is 0 Å². The lowest BCUT2D eigenvalue weighted by Gasteiger charge is -2.07. The number of hydrogen-bond donors (Lipinski definition) is 3. The van der Waals surface area contributed by atoms with Crippen LogP contribution in [-0.4, -0.2) is 48.2 Å². The Hall–Kier alpha value is -1.87. The van der Waals surface area contributed by atoms with E-state index in [1.54, 1.807) is 24.3 Å². The van der Waals surface area contributed by atoms with E-state index < -0.39 is 12.1 Å². The first-order valence-electron chi connectivity index (χ1n) is 6.72. The van der Waals surface area contributed by atoms with Gasteiger partial charge in [-0.3, -0.25) is 14.9 Å². The second-order valence-corrected chi connectivity index (χ2v) is 6.94. The number of benzene rings is 1. The molecule has 0 radical (unpaired) electrons. The molecule has 0 heterocycles. The Morgan fingerprint density at radius 2 is 1.78 bits per heavy atom. The van der Waals surface area contributed by atoms with E-state index in [4.69, 9.17) is 5.11 Å². The first-order valence-corrected chi connectivity index (χ1v) is 9.21. The Morgan fingerprint density at radius 3 is 2.39 bits per heavy atom.